The predicted octanol–water partition coefficient (Wildman–Crippen LogP) is 24.7. The Morgan fingerprint density at radius 3 is 1.02 bits per heavy atom. The molecule has 0 amide bonds. The molecule has 4 atom stereocenters. The Balaban J connectivity index is 0.000000112. The molecule has 11 heterocycles. The number of aryl methyl sites for hydroxylation is 2. The SMILES string of the molecule is Cc1cccc(CN2CCC3(CC2)OC(c2cc(Cl)cc(Cl)c2)c2ccccc23)c1.Cc1ccsc1CN1CCC2(CC1)OC(c1cc(Cl)cc(Cl)c1)c1ccccc12.Clc1cc(Cl)cc(C2OC3(CCN(Cc4cnccn4)CC3)c3ccccc32)c1.Clc1cc(Cl)cc(C2OC3(CCN(Cc4ncccn4)CC3)c3ccccc32)c1. The first-order valence-corrected chi connectivity index (χ1v) is 44.1. The Kier molecular flexibility index (Phi) is 25.2. The molecule has 4 fully saturated rings. The van der Waals surface area contributed by atoms with Crippen molar-refractivity contribution in [3.63, 3.8) is 0 Å². The Bertz CT molecular complexity index is 5250. The maximum absolute atomic E-state index is 6.83. The molecule has 21 heteroatoms. The topological polar surface area (TPSA) is 101 Å². The van der Waals surface area contributed by atoms with E-state index >= 15 is 0 Å². The summed E-state index contributed by atoms with van der Waals surface area (Å²) in [6.07, 6.45) is 16.1. The number of rotatable bonds is 12. The van der Waals surface area contributed by atoms with Gasteiger partial charge in [0.25, 0.3) is 0 Å². The van der Waals surface area contributed by atoms with Crippen molar-refractivity contribution < 1.29 is 18.9 Å². The first-order valence-electron chi connectivity index (χ1n) is 40.2. The summed E-state index contributed by atoms with van der Waals surface area (Å²) in [6, 6.07) is 70.0. The summed E-state index contributed by atoms with van der Waals surface area (Å²) >= 11 is 52.1. The number of thiophene rings is 1. The molecule has 12 aromatic rings. The van der Waals surface area contributed by atoms with E-state index in [-0.39, 0.29) is 46.8 Å². The van der Waals surface area contributed by atoms with E-state index in [0.717, 1.165) is 164 Å². The third-order valence-corrected chi connectivity index (χ3v) is 27.3. The van der Waals surface area contributed by atoms with E-state index in [1.165, 1.54) is 66.1 Å². The van der Waals surface area contributed by atoms with Crippen molar-refractivity contribution in [1.29, 1.82) is 0 Å². The highest BCUT2D eigenvalue weighted by molar-refractivity contribution is 7.10. The first-order chi connectivity index (χ1) is 56.8. The highest BCUT2D eigenvalue weighted by atomic mass is 35.5. The number of piperidine rings is 4. The van der Waals surface area contributed by atoms with Gasteiger partial charge in [-0.25, -0.2) is 9.97 Å². The van der Waals surface area contributed by atoms with Crippen molar-refractivity contribution in [2.75, 3.05) is 52.4 Å². The third kappa shape index (κ3) is 18.3. The maximum Gasteiger partial charge on any atom is 0.142 e. The van der Waals surface area contributed by atoms with Crippen LogP contribution in [0.5, 0.6) is 0 Å². The molecular formula is C96H90Cl8N8O4S. The minimum atomic E-state index is -0.274. The average molecular weight is 1740 g/mol. The van der Waals surface area contributed by atoms with Crippen LogP contribution >= 0.6 is 104 Å². The molecule has 8 aliphatic heterocycles. The predicted molar refractivity (Wildman–Crippen MR) is 472 cm³/mol. The summed E-state index contributed by atoms with van der Waals surface area (Å²) in [5, 5.41) is 7.31. The van der Waals surface area contributed by atoms with Gasteiger partial charge in [-0.3, -0.25) is 29.6 Å². The highest BCUT2D eigenvalue weighted by Gasteiger charge is 2.51. The van der Waals surface area contributed by atoms with Crippen LogP contribution in [0.25, 0.3) is 0 Å². The largest absolute Gasteiger partial charge is 0.358 e. The van der Waals surface area contributed by atoms with Crippen LogP contribution in [-0.2, 0) is 67.5 Å². The molecule has 117 heavy (non-hydrogen) atoms. The lowest BCUT2D eigenvalue weighted by molar-refractivity contribution is -0.0981. The molecular weight excluding hydrogens is 1640 g/mol. The number of likely N-dealkylation sites (tertiary alicyclic amines) is 4. The van der Waals surface area contributed by atoms with Gasteiger partial charge in [0.2, 0.25) is 0 Å². The van der Waals surface area contributed by atoms with Crippen LogP contribution in [0.1, 0.15) is 176 Å². The van der Waals surface area contributed by atoms with Crippen LogP contribution in [0.3, 0.4) is 0 Å². The fraction of sp³-hybridized carbons (Fsp3) is 0.312. The second-order valence-corrected chi connectivity index (χ2v) is 36.6. The zero-order valence-corrected chi connectivity index (χ0v) is 72.1. The number of benzene rings is 9. The first kappa shape index (κ1) is 82.2. The number of aromatic nitrogens is 4. The monoisotopic (exact) mass is 1730 g/mol. The number of halogens is 8. The lowest BCUT2D eigenvalue weighted by Gasteiger charge is -2.40. The van der Waals surface area contributed by atoms with Crippen molar-refractivity contribution in [3.05, 3.63) is 383 Å². The van der Waals surface area contributed by atoms with E-state index in [2.05, 4.69) is 186 Å². The van der Waals surface area contributed by atoms with E-state index in [1.807, 2.05) is 72.1 Å². The van der Waals surface area contributed by atoms with Gasteiger partial charge in [0.1, 0.15) is 30.2 Å². The zero-order valence-electron chi connectivity index (χ0n) is 65.2. The summed E-state index contributed by atoms with van der Waals surface area (Å²) in [6.45, 7) is 15.9. The van der Waals surface area contributed by atoms with Crippen molar-refractivity contribution in [1.82, 2.24) is 39.5 Å². The van der Waals surface area contributed by atoms with E-state index in [0.29, 0.717) is 40.2 Å². The summed E-state index contributed by atoms with van der Waals surface area (Å²) < 4.78 is 27.2. The number of hydrogen-bond acceptors (Lipinski definition) is 13. The zero-order chi connectivity index (χ0) is 80.4. The van der Waals surface area contributed by atoms with Crippen LogP contribution in [0, 0.1) is 13.8 Å². The Hall–Kier alpha value is -7.16. The van der Waals surface area contributed by atoms with Crippen molar-refractivity contribution in [2.24, 2.45) is 0 Å². The molecule has 0 saturated carbocycles. The normalized spacial score (nSPS) is 20.7. The summed E-state index contributed by atoms with van der Waals surface area (Å²) in [4.78, 5) is 28.7. The lowest BCUT2D eigenvalue weighted by Crippen LogP contribution is -2.42. The standard InChI is InChI=1S/C26H25Cl2NO.C24H23Cl2NOS.2C23H21Cl2N3O/c1-18-5-4-6-19(13-18)17-29-11-9-26(10-12-29)24-8-3-2-7-23(24)25(30-26)20-14-21(27)16-22(28)15-20;1-16-6-11-29-22(16)15-27-9-7-24(8-10-27)21-5-3-2-4-20(21)23(28-24)17-12-18(25)14-19(26)13-17;24-17-12-16(13-18(25)14-17)22-19-4-1-2-5-20(19)23(29-22)6-10-28(11-7-23)15-21-26-8-3-9-27-21;24-17-11-16(12-18(25)13-17)22-20-3-1-2-4-21(20)23(29-22)5-9-28(10-6-23)15-19-14-26-7-8-27-19/h2-8,13-16,25H,9-12,17H2,1H3;2-6,11-14,23H,7-10,15H2,1H3;1-5,8-9,12-14,22H,6-7,10-11,15H2;1-4,7-8,11-14,22H,5-6,9-10,15H2. The molecule has 4 spiro atoms. The molecule has 20 rings (SSSR count). The van der Waals surface area contributed by atoms with E-state index in [9.17, 15) is 0 Å². The lowest BCUT2D eigenvalue weighted by atomic mass is 9.83. The third-order valence-electron chi connectivity index (χ3n) is 24.5. The molecule has 0 aliphatic carbocycles. The van der Waals surface area contributed by atoms with Crippen molar-refractivity contribution in [2.45, 2.75) is 138 Å². The van der Waals surface area contributed by atoms with Gasteiger partial charge in [-0.1, -0.05) is 220 Å². The average Bonchev–Trinajstić information content (AvgIpc) is 1.61. The second kappa shape index (κ2) is 35.9. The molecule has 4 unspecified atom stereocenters. The molecule has 8 aliphatic rings. The van der Waals surface area contributed by atoms with Gasteiger partial charge in [0.05, 0.1) is 34.6 Å². The minimum absolute atomic E-state index is 0.117. The van der Waals surface area contributed by atoms with E-state index in [4.69, 9.17) is 112 Å². The molecule has 3 aromatic heterocycles. The maximum atomic E-state index is 6.83. The quantitative estimate of drug-likeness (QED) is 0.116. The van der Waals surface area contributed by atoms with Crippen LogP contribution < -0.4 is 0 Å². The molecule has 0 N–H and O–H groups in total. The summed E-state index contributed by atoms with van der Waals surface area (Å²) in [5.41, 5.74) is 18.3. The molecule has 12 nitrogen and oxygen atoms in total. The van der Waals surface area contributed by atoms with Crippen molar-refractivity contribution >= 4 is 104 Å². The minimum Gasteiger partial charge on any atom is -0.358 e. The fourth-order valence-electron chi connectivity index (χ4n) is 18.8. The van der Waals surface area contributed by atoms with Crippen LogP contribution in [-0.4, -0.2) is 91.9 Å². The number of ether oxygens (including phenoxy) is 4. The molecule has 600 valence electrons. The number of hydrogen-bond donors (Lipinski definition) is 0. The number of fused-ring (bicyclic) bond motifs is 8. The Labute approximate surface area is 729 Å². The molecule has 9 aromatic carbocycles. The van der Waals surface area contributed by atoms with Crippen LogP contribution in [0.2, 0.25) is 40.2 Å². The second-order valence-electron chi connectivity index (χ2n) is 32.1. The van der Waals surface area contributed by atoms with Gasteiger partial charge < -0.3 is 18.9 Å². The van der Waals surface area contributed by atoms with E-state index < -0.39 is 0 Å². The number of nitrogens with zero attached hydrogens (tertiary/aromatic N) is 8. The van der Waals surface area contributed by atoms with Gasteiger partial charge in [-0.05, 0) is 233 Å². The fourth-order valence-corrected chi connectivity index (χ4v) is 21.9. The summed E-state index contributed by atoms with van der Waals surface area (Å²) in [7, 11) is 0. The summed E-state index contributed by atoms with van der Waals surface area (Å²) in [5.74, 6) is 0.864. The Morgan fingerprint density at radius 2 is 0.684 bits per heavy atom. The van der Waals surface area contributed by atoms with Gasteiger partial charge in [-0.15, -0.1) is 11.3 Å². The molecule has 4 saturated heterocycles. The van der Waals surface area contributed by atoms with Crippen LogP contribution in [0.15, 0.2) is 243 Å². The van der Waals surface area contributed by atoms with Crippen molar-refractivity contribution in [3.8, 4) is 0 Å². The molecule has 0 radical (unpaired) electrons. The van der Waals surface area contributed by atoms with Gasteiger partial charge >= 0.3 is 0 Å². The van der Waals surface area contributed by atoms with Crippen LogP contribution in [0.4, 0.5) is 0 Å². The Morgan fingerprint density at radius 1 is 0.342 bits per heavy atom. The van der Waals surface area contributed by atoms with E-state index in [1.54, 1.807) is 49.1 Å². The van der Waals surface area contributed by atoms with Gasteiger partial charge in [-0.2, -0.15) is 0 Å². The van der Waals surface area contributed by atoms with Gasteiger partial charge in [0, 0.05) is 148 Å². The molecule has 0 bridgehead atoms. The highest BCUT2D eigenvalue weighted by Crippen LogP contribution is 2.57. The smallest absolute Gasteiger partial charge is 0.142 e. The van der Waals surface area contributed by atoms with Gasteiger partial charge in [0.15, 0.2) is 0 Å².